The molecule has 144 valence electrons. The number of ether oxygens (including phenoxy) is 1. The van der Waals surface area contributed by atoms with Crippen molar-refractivity contribution < 1.29 is 19.0 Å². The molecule has 28 heavy (non-hydrogen) atoms. The second kappa shape index (κ2) is 8.82. The molecule has 2 aromatic carbocycles. The summed E-state index contributed by atoms with van der Waals surface area (Å²) in [6.07, 6.45) is 1.63. The number of carbonyl (C=O) groups excluding carboxylic acids is 1. The Morgan fingerprint density at radius 2 is 1.96 bits per heavy atom. The van der Waals surface area contributed by atoms with E-state index in [1.165, 1.54) is 24.3 Å². The lowest BCUT2D eigenvalue weighted by molar-refractivity contribution is -0.138. The van der Waals surface area contributed by atoms with Crippen LogP contribution in [0.4, 0.5) is 10.1 Å². The fourth-order valence-electron chi connectivity index (χ4n) is 2.38. The van der Waals surface area contributed by atoms with Crippen LogP contribution in [-0.4, -0.2) is 22.7 Å². The summed E-state index contributed by atoms with van der Waals surface area (Å²) < 4.78 is 18.2. The largest absolute Gasteiger partial charge is 0.506 e. The Labute approximate surface area is 175 Å². The molecule has 1 heterocycles. The second-order valence-corrected chi connectivity index (χ2v) is 7.49. The Kier molecular flexibility index (Phi) is 6.44. The molecule has 0 unspecified atom stereocenters. The van der Waals surface area contributed by atoms with Crippen LogP contribution in [0.25, 0.3) is 6.08 Å². The lowest BCUT2D eigenvalue weighted by Gasteiger charge is -2.03. The number of esters is 1. The van der Waals surface area contributed by atoms with Crippen molar-refractivity contribution >= 4 is 57.7 Å². The first-order valence-corrected chi connectivity index (χ1v) is 9.76. The molecule has 0 aliphatic carbocycles. The molecule has 0 atom stereocenters. The predicted molar refractivity (Wildman–Crippen MR) is 112 cm³/mol. The lowest BCUT2D eigenvalue weighted by atomic mass is 10.1. The number of hydrogen-bond donors (Lipinski definition) is 1. The summed E-state index contributed by atoms with van der Waals surface area (Å²) in [6, 6.07) is 10.4. The van der Waals surface area contributed by atoms with Crippen LogP contribution in [0.3, 0.4) is 0 Å². The van der Waals surface area contributed by atoms with E-state index in [9.17, 15) is 14.3 Å². The quantitative estimate of drug-likeness (QED) is 0.567. The molecule has 3 rings (SSSR count). The van der Waals surface area contributed by atoms with E-state index in [4.69, 9.17) is 27.9 Å². The molecule has 0 bridgehead atoms. The summed E-state index contributed by atoms with van der Waals surface area (Å²) in [5, 5.41) is 11.8. The average molecular weight is 438 g/mol. The van der Waals surface area contributed by atoms with Gasteiger partial charge in [-0.25, -0.2) is 14.2 Å². The molecule has 1 N–H and O–H groups in total. The first kappa shape index (κ1) is 20.5. The first-order chi connectivity index (χ1) is 13.4. The van der Waals surface area contributed by atoms with Crippen LogP contribution < -0.4 is 0 Å². The number of thioether (sulfide) groups is 1. The summed E-state index contributed by atoms with van der Waals surface area (Å²) in [6.45, 7) is 1.81. The van der Waals surface area contributed by atoms with Gasteiger partial charge in [0.2, 0.25) is 0 Å². The SMILES string of the molecule is CCOC(=O)C1=C(O)/C(=C/c2ccc(Cl)cc2Cl)SC1=Nc1ccc(F)cc1. The van der Waals surface area contributed by atoms with E-state index in [1.54, 1.807) is 31.2 Å². The number of halogens is 3. The maximum absolute atomic E-state index is 13.1. The molecule has 0 fully saturated rings. The monoisotopic (exact) mass is 437 g/mol. The molecule has 4 nitrogen and oxygen atoms in total. The minimum Gasteiger partial charge on any atom is -0.506 e. The highest BCUT2D eigenvalue weighted by Gasteiger charge is 2.33. The van der Waals surface area contributed by atoms with Crippen molar-refractivity contribution in [3.05, 3.63) is 80.1 Å². The van der Waals surface area contributed by atoms with Gasteiger partial charge in [0, 0.05) is 10.0 Å². The normalized spacial score (nSPS) is 16.9. The fraction of sp³-hybridized carbons (Fsp3) is 0.100. The maximum Gasteiger partial charge on any atom is 0.344 e. The zero-order valence-electron chi connectivity index (χ0n) is 14.6. The summed E-state index contributed by atoms with van der Waals surface area (Å²) >= 11 is 13.2. The molecule has 8 heteroatoms. The Morgan fingerprint density at radius 3 is 2.61 bits per heavy atom. The molecule has 0 saturated carbocycles. The van der Waals surface area contributed by atoms with Crippen molar-refractivity contribution in [3.8, 4) is 0 Å². The molecule has 1 aliphatic rings. The smallest absolute Gasteiger partial charge is 0.344 e. The third kappa shape index (κ3) is 4.58. The third-order valence-electron chi connectivity index (χ3n) is 3.68. The number of aliphatic hydroxyl groups excluding tert-OH is 1. The van der Waals surface area contributed by atoms with Crippen molar-refractivity contribution in [2.75, 3.05) is 6.61 Å². The Morgan fingerprint density at radius 1 is 1.25 bits per heavy atom. The number of rotatable bonds is 4. The van der Waals surface area contributed by atoms with Crippen LogP contribution in [0, 0.1) is 5.82 Å². The van der Waals surface area contributed by atoms with E-state index < -0.39 is 11.8 Å². The second-order valence-electron chi connectivity index (χ2n) is 5.61. The van der Waals surface area contributed by atoms with Crippen LogP contribution in [0.1, 0.15) is 12.5 Å². The Bertz CT molecular complexity index is 1020. The van der Waals surface area contributed by atoms with E-state index >= 15 is 0 Å². The average Bonchev–Trinajstić information content (AvgIpc) is 2.95. The fourth-order valence-corrected chi connectivity index (χ4v) is 3.87. The van der Waals surface area contributed by atoms with E-state index in [0.29, 0.717) is 26.2 Å². The van der Waals surface area contributed by atoms with Gasteiger partial charge in [-0.2, -0.15) is 0 Å². The minimum atomic E-state index is -0.695. The predicted octanol–water partition coefficient (Wildman–Crippen LogP) is 6.33. The molecule has 0 aromatic heterocycles. The van der Waals surface area contributed by atoms with Crippen molar-refractivity contribution in [3.63, 3.8) is 0 Å². The van der Waals surface area contributed by atoms with Gasteiger partial charge in [0.15, 0.2) is 0 Å². The summed E-state index contributed by atoms with van der Waals surface area (Å²) in [4.78, 5) is 17.1. The molecule has 1 aliphatic heterocycles. The van der Waals surface area contributed by atoms with Gasteiger partial charge < -0.3 is 9.84 Å². The molecule has 0 spiro atoms. The number of hydrogen-bond acceptors (Lipinski definition) is 5. The summed E-state index contributed by atoms with van der Waals surface area (Å²) in [5.41, 5.74) is 1.00. The van der Waals surface area contributed by atoms with Gasteiger partial charge in [0.1, 0.15) is 22.2 Å². The van der Waals surface area contributed by atoms with E-state index in [0.717, 1.165) is 11.8 Å². The number of carbonyl (C=O) groups is 1. The van der Waals surface area contributed by atoms with Crippen LogP contribution >= 0.6 is 35.0 Å². The standard InChI is InChI=1S/C20H14Cl2FNO3S/c1-2-27-20(26)17-18(25)16(9-11-3-4-12(21)10-15(11)22)28-19(17)24-14-7-5-13(23)6-8-14/h3-10,25H,2H2,1H3/b16-9-,24-19?. The van der Waals surface area contributed by atoms with Gasteiger partial charge >= 0.3 is 5.97 Å². The molecule has 0 amide bonds. The first-order valence-electron chi connectivity index (χ1n) is 8.19. The zero-order valence-corrected chi connectivity index (χ0v) is 16.9. The van der Waals surface area contributed by atoms with Gasteiger partial charge in [-0.15, -0.1) is 0 Å². The van der Waals surface area contributed by atoms with Crippen LogP contribution in [-0.2, 0) is 9.53 Å². The van der Waals surface area contributed by atoms with Gasteiger partial charge in [-0.1, -0.05) is 41.0 Å². The zero-order chi connectivity index (χ0) is 20.3. The third-order valence-corrected chi connectivity index (χ3v) is 5.26. The van der Waals surface area contributed by atoms with E-state index in [1.807, 2.05) is 0 Å². The van der Waals surface area contributed by atoms with Crippen LogP contribution in [0.2, 0.25) is 10.0 Å². The molecule has 2 aromatic rings. The van der Waals surface area contributed by atoms with Crippen molar-refractivity contribution in [1.29, 1.82) is 0 Å². The molecule has 0 saturated heterocycles. The summed E-state index contributed by atoms with van der Waals surface area (Å²) in [5.74, 6) is -1.35. The van der Waals surface area contributed by atoms with Crippen LogP contribution in [0.15, 0.2) is 63.7 Å². The molecule has 0 radical (unpaired) electrons. The highest BCUT2D eigenvalue weighted by Crippen LogP contribution is 2.41. The topological polar surface area (TPSA) is 58.9 Å². The number of benzene rings is 2. The van der Waals surface area contributed by atoms with E-state index in [-0.39, 0.29) is 23.0 Å². The Hall–Kier alpha value is -2.28. The van der Waals surface area contributed by atoms with Crippen molar-refractivity contribution in [1.82, 2.24) is 0 Å². The number of aliphatic hydroxyl groups is 1. The number of aliphatic imine (C=N–C) groups is 1. The lowest BCUT2D eigenvalue weighted by Crippen LogP contribution is -2.12. The van der Waals surface area contributed by atoms with Crippen LogP contribution in [0.5, 0.6) is 0 Å². The Balaban J connectivity index is 2.05. The van der Waals surface area contributed by atoms with Gasteiger partial charge in [0.05, 0.1) is 17.2 Å². The van der Waals surface area contributed by atoms with Gasteiger partial charge in [-0.05, 0) is 55.0 Å². The summed E-state index contributed by atoms with van der Waals surface area (Å²) in [7, 11) is 0. The molecular weight excluding hydrogens is 424 g/mol. The van der Waals surface area contributed by atoms with Gasteiger partial charge in [0.25, 0.3) is 0 Å². The minimum absolute atomic E-state index is 0.0486. The van der Waals surface area contributed by atoms with Gasteiger partial charge in [-0.3, -0.25) is 0 Å². The maximum atomic E-state index is 13.1. The highest BCUT2D eigenvalue weighted by atomic mass is 35.5. The van der Waals surface area contributed by atoms with Crippen molar-refractivity contribution in [2.45, 2.75) is 6.92 Å². The van der Waals surface area contributed by atoms with Crippen molar-refractivity contribution in [2.24, 2.45) is 4.99 Å². The number of nitrogens with zero attached hydrogens (tertiary/aromatic N) is 1. The molecular formula is C20H14Cl2FNO3S. The highest BCUT2D eigenvalue weighted by molar-refractivity contribution is 8.18. The van der Waals surface area contributed by atoms with E-state index in [2.05, 4.69) is 4.99 Å².